The van der Waals surface area contributed by atoms with Crippen LogP contribution in [0.2, 0.25) is 0 Å². The first-order valence-corrected chi connectivity index (χ1v) is 15.6. The van der Waals surface area contributed by atoms with Crippen molar-refractivity contribution in [2.75, 3.05) is 0 Å². The average molecular weight is 1030 g/mol. The molecule has 0 aliphatic rings. The van der Waals surface area contributed by atoms with Gasteiger partial charge in [-0.25, -0.2) is 0 Å². The van der Waals surface area contributed by atoms with Crippen molar-refractivity contribution in [1.29, 1.82) is 0 Å². The zero-order valence-electron chi connectivity index (χ0n) is 14.0. The Labute approximate surface area is 249 Å². The average Bonchev–Trinajstić information content (AvgIpc) is 2.62. The van der Waals surface area contributed by atoms with Crippen LogP contribution >= 0.6 is 159 Å². The molecule has 0 nitrogen and oxygen atoms in total. The molecule has 0 spiro atoms. The van der Waals surface area contributed by atoms with Gasteiger partial charge in [-0.1, -0.05) is 214 Å². The Morgan fingerprint density at radius 2 is 0.929 bits per heavy atom. The molecule has 0 bridgehead atoms. The minimum Gasteiger partial charge on any atom is -0.0675 e. The van der Waals surface area contributed by atoms with Gasteiger partial charge in [-0.05, 0) is 23.6 Å². The topological polar surface area (TPSA) is 0 Å². The minimum atomic E-state index is -0.835. The van der Waals surface area contributed by atoms with Crippen LogP contribution in [0.1, 0.15) is 16.7 Å². The van der Waals surface area contributed by atoms with Crippen LogP contribution in [-0.2, 0) is 6.47 Å². The third-order valence-corrected chi connectivity index (χ3v) is 24.0. The maximum atomic E-state index is 3.93. The Kier molecular flexibility index (Phi) is 9.67. The molecule has 0 saturated heterocycles. The second-order valence-electron chi connectivity index (χ2n) is 6.05. The van der Waals surface area contributed by atoms with E-state index in [1.165, 1.54) is 0 Å². The lowest BCUT2D eigenvalue weighted by Gasteiger charge is -2.52. The maximum absolute atomic E-state index is 3.93. The molecule has 0 fully saturated rings. The number of rotatable bonds is 6. The van der Waals surface area contributed by atoms with Crippen molar-refractivity contribution in [1.82, 2.24) is 0 Å². The van der Waals surface area contributed by atoms with E-state index in [4.69, 9.17) is 0 Å². The fourth-order valence-corrected chi connectivity index (χ4v) is 11.6. The number of alkyl halides is 10. The number of aryl methyl sites for hydroxylation is 1. The van der Waals surface area contributed by atoms with Gasteiger partial charge in [0, 0.05) is 0 Å². The summed E-state index contributed by atoms with van der Waals surface area (Å²) < 4.78 is -3.84. The maximum Gasteiger partial charge on any atom is 0.137 e. The molecular weight excluding hydrogens is 1020 g/mol. The van der Waals surface area contributed by atoms with E-state index in [0.717, 1.165) is 16.7 Å². The molecule has 0 radical (unpaired) electrons. The summed E-state index contributed by atoms with van der Waals surface area (Å²) in [7, 11) is 0. The van der Waals surface area contributed by atoms with Crippen LogP contribution < -0.4 is 0 Å². The van der Waals surface area contributed by atoms with Gasteiger partial charge in [-0.2, -0.15) is 0 Å². The predicted octanol–water partition coefficient (Wildman–Crippen LogP) is 11.0. The van der Waals surface area contributed by atoms with Crippen LogP contribution in [0.25, 0.3) is 0 Å². The van der Waals surface area contributed by atoms with E-state index >= 15 is 0 Å². The second-order valence-corrected chi connectivity index (χ2v) is 23.3. The summed E-state index contributed by atoms with van der Waals surface area (Å²) in [5.41, 5.74) is 3.22. The summed E-state index contributed by atoms with van der Waals surface area (Å²) in [6, 6.07) is 18.2. The molecule has 0 unspecified atom stereocenters. The first-order valence-electron chi connectivity index (χ1n) is 7.63. The molecule has 0 heterocycles. The van der Waals surface area contributed by atoms with E-state index < -0.39 is 16.2 Å². The summed E-state index contributed by atoms with van der Waals surface area (Å²) in [5, 5.41) is 0. The number of benzene rings is 2. The first-order chi connectivity index (χ1) is 12.6. The highest BCUT2D eigenvalue weighted by molar-refractivity contribution is 9.35. The Balaban J connectivity index is 2.61. The highest BCUT2D eigenvalue weighted by Crippen LogP contribution is 2.74. The van der Waals surface area contributed by atoms with Crippen molar-refractivity contribution in [3.63, 3.8) is 0 Å². The summed E-state index contributed by atoms with van der Waals surface area (Å²) in [5.74, 6) is 0. The SMILES string of the molecule is Cc1ccccc1C(Br)(Br)C(Br)(Br)C(Br)(Br)C(Br)(Br)C(Br)(Br)c1ccccc1. The van der Waals surface area contributed by atoms with Gasteiger partial charge in [-0.15, -0.1) is 0 Å². The van der Waals surface area contributed by atoms with Gasteiger partial charge < -0.3 is 0 Å². The van der Waals surface area contributed by atoms with Gasteiger partial charge in [-0.3, -0.25) is 0 Å². The molecule has 0 N–H and O–H groups in total. The molecule has 2 aromatic carbocycles. The van der Waals surface area contributed by atoms with Gasteiger partial charge in [0.1, 0.15) is 16.2 Å². The molecule has 2 rings (SSSR count). The van der Waals surface area contributed by atoms with Gasteiger partial charge >= 0.3 is 0 Å². The highest BCUT2D eigenvalue weighted by Gasteiger charge is 2.70. The molecule has 0 saturated carbocycles. The lowest BCUT2D eigenvalue weighted by molar-refractivity contribution is 0.630. The number of hydrogen-bond donors (Lipinski definition) is 0. The zero-order chi connectivity index (χ0) is 21.6. The van der Waals surface area contributed by atoms with E-state index in [0.29, 0.717) is 0 Å². The van der Waals surface area contributed by atoms with Crippen LogP contribution in [0.3, 0.4) is 0 Å². The van der Waals surface area contributed by atoms with E-state index in [9.17, 15) is 0 Å². The van der Waals surface area contributed by atoms with Crippen molar-refractivity contribution in [3.8, 4) is 0 Å². The van der Waals surface area contributed by atoms with E-state index in [1.807, 2.05) is 42.5 Å². The number of halogens is 10. The summed E-state index contributed by atoms with van der Waals surface area (Å²) in [6.45, 7) is 2.07. The van der Waals surface area contributed by atoms with Crippen LogP contribution in [0.4, 0.5) is 0 Å². The van der Waals surface area contributed by atoms with E-state index in [-0.39, 0.29) is 0 Å². The van der Waals surface area contributed by atoms with E-state index in [1.54, 1.807) is 0 Å². The monoisotopic (exact) mass is 1020 g/mol. The lowest BCUT2D eigenvalue weighted by Crippen LogP contribution is -2.59. The smallest absolute Gasteiger partial charge is 0.0675 e. The molecule has 2 aromatic rings. The quantitative estimate of drug-likeness (QED) is 0.253. The van der Waals surface area contributed by atoms with Gasteiger partial charge in [0.15, 0.2) is 0 Å². The van der Waals surface area contributed by atoms with Gasteiger partial charge in [0.05, 0.1) is 0 Å². The Hall–Kier alpha value is 3.24. The van der Waals surface area contributed by atoms with Gasteiger partial charge in [0.25, 0.3) is 0 Å². The number of hydrogen-bond acceptors (Lipinski definition) is 0. The van der Waals surface area contributed by atoms with E-state index in [2.05, 4.69) is 178 Å². The Bertz CT molecular complexity index is 827. The fourth-order valence-electron chi connectivity index (χ4n) is 2.51. The molecule has 0 aliphatic heterocycles. The normalized spacial score (nSPS) is 14.2. The molecule has 28 heavy (non-hydrogen) atoms. The summed E-state index contributed by atoms with van der Waals surface area (Å²) in [6.07, 6.45) is 0. The molecule has 0 atom stereocenters. The first kappa shape index (κ1) is 27.5. The van der Waals surface area contributed by atoms with Crippen LogP contribution in [0.5, 0.6) is 0 Å². The van der Waals surface area contributed by atoms with Crippen LogP contribution in [0, 0.1) is 6.92 Å². The summed E-state index contributed by atoms with van der Waals surface area (Å²) in [4.78, 5) is 0. The molecule has 0 amide bonds. The third kappa shape index (κ3) is 4.73. The molecule has 154 valence electrons. The highest BCUT2D eigenvalue weighted by atomic mass is 79.9. The van der Waals surface area contributed by atoms with Crippen LogP contribution in [-0.4, -0.2) is 9.70 Å². The molecule has 0 aliphatic carbocycles. The molecular formula is C18H12Br10. The zero-order valence-corrected chi connectivity index (χ0v) is 29.8. The van der Waals surface area contributed by atoms with Crippen molar-refractivity contribution < 1.29 is 0 Å². The Morgan fingerprint density at radius 1 is 0.500 bits per heavy atom. The van der Waals surface area contributed by atoms with Gasteiger partial charge in [0.2, 0.25) is 0 Å². The predicted molar refractivity (Wildman–Crippen MR) is 158 cm³/mol. The largest absolute Gasteiger partial charge is 0.137 e. The summed E-state index contributed by atoms with van der Waals surface area (Å²) >= 11 is 39.1. The van der Waals surface area contributed by atoms with Crippen molar-refractivity contribution in [3.05, 3.63) is 71.3 Å². The second kappa shape index (κ2) is 9.85. The Morgan fingerprint density at radius 3 is 1.43 bits per heavy atom. The van der Waals surface area contributed by atoms with Crippen molar-refractivity contribution >= 4 is 159 Å². The molecule has 10 heteroatoms. The third-order valence-electron chi connectivity index (χ3n) is 4.20. The minimum absolute atomic E-state index is 0.699. The van der Waals surface area contributed by atoms with Crippen LogP contribution in [0.15, 0.2) is 54.6 Å². The fraction of sp³-hybridized carbons (Fsp3) is 0.333. The molecule has 0 aromatic heterocycles. The standard InChI is InChI=1S/C18H12Br10/c1-11-7-5-6-10-13(11)15(21,22)17(25,26)18(27,28)16(23,24)14(19,20)12-8-3-2-4-9-12/h2-10H,1H3. The lowest BCUT2D eigenvalue weighted by atomic mass is 9.99. The van der Waals surface area contributed by atoms with Crippen molar-refractivity contribution in [2.24, 2.45) is 0 Å². The van der Waals surface area contributed by atoms with Crippen molar-refractivity contribution in [2.45, 2.75) is 23.1 Å².